The second kappa shape index (κ2) is 7.06. The molecule has 0 fully saturated rings. The second-order valence-corrected chi connectivity index (χ2v) is 4.29. The Hall–Kier alpha value is -1.36. The average molecular weight is 239 g/mol. The van der Waals surface area contributed by atoms with Crippen LogP contribution in [0.4, 0.5) is 5.82 Å². The van der Waals surface area contributed by atoms with Crippen LogP contribution in [0.25, 0.3) is 0 Å². The molecule has 1 rings (SSSR count). The van der Waals surface area contributed by atoms with Crippen molar-refractivity contribution in [3.05, 3.63) is 22.7 Å². The number of aliphatic hydroxyl groups excluding tert-OH is 1. The third-order valence-corrected chi connectivity index (χ3v) is 2.55. The van der Waals surface area contributed by atoms with Crippen molar-refractivity contribution in [1.82, 2.24) is 9.55 Å². The van der Waals surface area contributed by atoms with Crippen molar-refractivity contribution < 1.29 is 5.11 Å². The first-order valence-corrected chi connectivity index (χ1v) is 6.08. The number of rotatable bonds is 7. The van der Waals surface area contributed by atoms with E-state index in [0.29, 0.717) is 12.4 Å². The Bertz CT molecular complexity index is 388. The van der Waals surface area contributed by atoms with Crippen LogP contribution in [0.1, 0.15) is 39.2 Å². The largest absolute Gasteiger partial charge is 0.396 e. The zero-order chi connectivity index (χ0) is 12.7. The van der Waals surface area contributed by atoms with Crippen LogP contribution in [0.5, 0.6) is 0 Å². The summed E-state index contributed by atoms with van der Waals surface area (Å²) in [6.07, 6.45) is 6.02. The minimum absolute atomic E-state index is 0.0790. The quantitative estimate of drug-likeness (QED) is 0.706. The van der Waals surface area contributed by atoms with Crippen LogP contribution in [-0.4, -0.2) is 27.8 Å². The van der Waals surface area contributed by atoms with E-state index in [-0.39, 0.29) is 18.2 Å². The summed E-state index contributed by atoms with van der Waals surface area (Å²) in [7, 11) is 0. The number of nitrogens with one attached hydrogen (secondary N) is 1. The van der Waals surface area contributed by atoms with Gasteiger partial charge in [0.25, 0.3) is 5.56 Å². The van der Waals surface area contributed by atoms with Crippen LogP contribution in [0, 0.1) is 0 Å². The molecule has 96 valence electrons. The maximum absolute atomic E-state index is 11.9. The summed E-state index contributed by atoms with van der Waals surface area (Å²) in [5.41, 5.74) is -0.0790. The lowest BCUT2D eigenvalue weighted by atomic mass is 10.2. The summed E-state index contributed by atoms with van der Waals surface area (Å²) in [6.45, 7) is 4.87. The molecule has 1 heterocycles. The van der Waals surface area contributed by atoms with Gasteiger partial charge in [-0.1, -0.05) is 0 Å². The summed E-state index contributed by atoms with van der Waals surface area (Å²) >= 11 is 0. The normalized spacial score (nSPS) is 10.8. The standard InChI is InChI=1S/C12H21N3O2/c1-10(2)15-8-7-14-11(12(15)17)13-6-4-3-5-9-16/h7-8,10,16H,3-6,9H2,1-2H3,(H,13,14). The van der Waals surface area contributed by atoms with Crippen LogP contribution in [0.2, 0.25) is 0 Å². The van der Waals surface area contributed by atoms with Gasteiger partial charge in [-0.05, 0) is 33.1 Å². The van der Waals surface area contributed by atoms with E-state index in [0.717, 1.165) is 19.3 Å². The summed E-state index contributed by atoms with van der Waals surface area (Å²) in [5, 5.41) is 11.7. The zero-order valence-corrected chi connectivity index (χ0v) is 10.5. The van der Waals surface area contributed by atoms with E-state index in [1.807, 2.05) is 13.8 Å². The van der Waals surface area contributed by atoms with E-state index >= 15 is 0 Å². The molecule has 0 saturated carbocycles. The van der Waals surface area contributed by atoms with Gasteiger partial charge >= 0.3 is 0 Å². The Morgan fingerprint density at radius 3 is 2.82 bits per heavy atom. The van der Waals surface area contributed by atoms with E-state index in [1.54, 1.807) is 17.0 Å². The van der Waals surface area contributed by atoms with Crippen LogP contribution < -0.4 is 10.9 Å². The molecule has 5 nitrogen and oxygen atoms in total. The van der Waals surface area contributed by atoms with Crippen molar-refractivity contribution >= 4 is 5.82 Å². The first-order valence-electron chi connectivity index (χ1n) is 6.08. The Morgan fingerprint density at radius 2 is 2.18 bits per heavy atom. The topological polar surface area (TPSA) is 67.2 Å². The smallest absolute Gasteiger partial charge is 0.293 e. The molecule has 0 bridgehead atoms. The van der Waals surface area contributed by atoms with E-state index < -0.39 is 0 Å². The van der Waals surface area contributed by atoms with Crippen molar-refractivity contribution in [3.63, 3.8) is 0 Å². The summed E-state index contributed by atoms with van der Waals surface area (Å²) in [5.74, 6) is 0.408. The fourth-order valence-electron chi connectivity index (χ4n) is 1.57. The molecule has 0 unspecified atom stereocenters. The maximum atomic E-state index is 11.9. The second-order valence-electron chi connectivity index (χ2n) is 4.29. The van der Waals surface area contributed by atoms with Crippen molar-refractivity contribution in [1.29, 1.82) is 0 Å². The Balaban J connectivity index is 2.54. The number of hydrogen-bond acceptors (Lipinski definition) is 4. The predicted molar refractivity (Wildman–Crippen MR) is 68.3 cm³/mol. The van der Waals surface area contributed by atoms with Gasteiger partial charge in [0.1, 0.15) is 0 Å². The summed E-state index contributed by atoms with van der Waals surface area (Å²) in [4.78, 5) is 16.0. The van der Waals surface area contributed by atoms with Gasteiger partial charge in [-0.3, -0.25) is 4.79 Å². The van der Waals surface area contributed by atoms with E-state index in [2.05, 4.69) is 10.3 Å². The van der Waals surface area contributed by atoms with Gasteiger partial charge in [0.2, 0.25) is 0 Å². The average Bonchev–Trinajstić information content (AvgIpc) is 2.30. The highest BCUT2D eigenvalue weighted by Crippen LogP contribution is 2.02. The third kappa shape index (κ3) is 4.19. The number of nitrogens with zero attached hydrogens (tertiary/aromatic N) is 2. The van der Waals surface area contributed by atoms with Crippen molar-refractivity contribution in [2.24, 2.45) is 0 Å². The Labute approximate surface area is 102 Å². The molecule has 0 saturated heterocycles. The molecular formula is C12H21N3O2. The Morgan fingerprint density at radius 1 is 1.41 bits per heavy atom. The number of hydrogen-bond donors (Lipinski definition) is 2. The lowest BCUT2D eigenvalue weighted by Crippen LogP contribution is -2.25. The SMILES string of the molecule is CC(C)n1ccnc(NCCCCCO)c1=O. The highest BCUT2D eigenvalue weighted by atomic mass is 16.2. The molecule has 17 heavy (non-hydrogen) atoms. The van der Waals surface area contributed by atoms with Gasteiger partial charge in [0, 0.05) is 31.6 Å². The molecule has 2 N–H and O–H groups in total. The fraction of sp³-hybridized carbons (Fsp3) is 0.667. The van der Waals surface area contributed by atoms with Gasteiger partial charge in [0.15, 0.2) is 5.82 Å². The molecule has 0 radical (unpaired) electrons. The van der Waals surface area contributed by atoms with Crippen LogP contribution in [0.15, 0.2) is 17.2 Å². The van der Waals surface area contributed by atoms with Gasteiger partial charge in [0.05, 0.1) is 0 Å². The number of unbranched alkanes of at least 4 members (excludes halogenated alkanes) is 2. The summed E-state index contributed by atoms with van der Waals surface area (Å²) < 4.78 is 1.66. The third-order valence-electron chi connectivity index (χ3n) is 2.55. The number of anilines is 1. The van der Waals surface area contributed by atoms with Crippen LogP contribution in [-0.2, 0) is 0 Å². The van der Waals surface area contributed by atoms with E-state index in [9.17, 15) is 4.79 Å². The van der Waals surface area contributed by atoms with Gasteiger partial charge in [-0.15, -0.1) is 0 Å². The molecule has 0 atom stereocenters. The van der Waals surface area contributed by atoms with Crippen molar-refractivity contribution in [2.75, 3.05) is 18.5 Å². The minimum Gasteiger partial charge on any atom is -0.396 e. The molecule has 0 aliphatic rings. The lowest BCUT2D eigenvalue weighted by molar-refractivity contribution is 0.283. The van der Waals surface area contributed by atoms with E-state index in [4.69, 9.17) is 5.11 Å². The maximum Gasteiger partial charge on any atom is 0.293 e. The lowest BCUT2D eigenvalue weighted by Gasteiger charge is -2.11. The van der Waals surface area contributed by atoms with Crippen molar-refractivity contribution in [3.8, 4) is 0 Å². The van der Waals surface area contributed by atoms with Gasteiger partial charge < -0.3 is 15.0 Å². The Kier molecular flexibility index (Phi) is 5.69. The highest BCUT2D eigenvalue weighted by Gasteiger charge is 2.05. The molecule has 0 spiro atoms. The number of aliphatic hydroxyl groups is 1. The van der Waals surface area contributed by atoms with Crippen LogP contribution in [0.3, 0.4) is 0 Å². The number of aromatic nitrogens is 2. The van der Waals surface area contributed by atoms with Gasteiger partial charge in [-0.25, -0.2) is 4.98 Å². The molecule has 1 aromatic rings. The molecule has 0 aromatic carbocycles. The molecule has 0 aliphatic heterocycles. The molecule has 0 amide bonds. The first-order chi connectivity index (χ1) is 8.16. The van der Waals surface area contributed by atoms with Gasteiger partial charge in [-0.2, -0.15) is 0 Å². The van der Waals surface area contributed by atoms with Crippen molar-refractivity contribution in [2.45, 2.75) is 39.2 Å². The molecule has 1 aromatic heterocycles. The summed E-state index contributed by atoms with van der Waals surface area (Å²) in [6, 6.07) is 0.139. The minimum atomic E-state index is -0.0790. The molecule has 0 aliphatic carbocycles. The van der Waals surface area contributed by atoms with E-state index in [1.165, 1.54) is 0 Å². The predicted octanol–water partition coefficient (Wildman–Crippen LogP) is 1.40. The molecular weight excluding hydrogens is 218 g/mol. The zero-order valence-electron chi connectivity index (χ0n) is 10.5. The van der Waals surface area contributed by atoms with Crippen LogP contribution >= 0.6 is 0 Å². The molecule has 5 heteroatoms. The highest BCUT2D eigenvalue weighted by molar-refractivity contribution is 5.30. The first kappa shape index (κ1) is 13.7. The monoisotopic (exact) mass is 239 g/mol. The fourth-order valence-corrected chi connectivity index (χ4v) is 1.57.